The largest absolute Gasteiger partial charge is 0.418 e. The molecule has 0 bridgehead atoms. The molecule has 106 valence electrons. The zero-order chi connectivity index (χ0) is 14.9. The van der Waals surface area contributed by atoms with E-state index in [1.165, 1.54) is 6.07 Å². The highest BCUT2D eigenvalue weighted by atomic mass is 35.5. The lowest BCUT2D eigenvalue weighted by atomic mass is 10.1. The predicted molar refractivity (Wildman–Crippen MR) is 63.1 cm³/mol. The van der Waals surface area contributed by atoms with Gasteiger partial charge in [0.05, 0.1) is 16.3 Å². The normalized spacial score (nSPS) is 11.4. The zero-order valence-electron chi connectivity index (χ0n) is 9.53. The Bertz CT molecular complexity index is 656. The highest BCUT2D eigenvalue weighted by molar-refractivity contribution is 6.34. The summed E-state index contributed by atoms with van der Waals surface area (Å²) in [6, 6.07) is 3.11. The minimum absolute atomic E-state index is 0.275. The number of para-hydroxylation sites is 1. The van der Waals surface area contributed by atoms with Gasteiger partial charge in [0, 0.05) is 0 Å². The van der Waals surface area contributed by atoms with Crippen LogP contribution in [-0.2, 0) is 6.18 Å². The molecule has 0 aliphatic heterocycles. The second-order valence-electron chi connectivity index (χ2n) is 3.61. The van der Waals surface area contributed by atoms with Gasteiger partial charge in [0.15, 0.2) is 0 Å². The summed E-state index contributed by atoms with van der Waals surface area (Å²) in [5, 5.41) is 8.05. The van der Waals surface area contributed by atoms with Crippen LogP contribution in [0.25, 0.3) is 0 Å². The van der Waals surface area contributed by atoms with Gasteiger partial charge < -0.3 is 11.1 Å². The third-order valence-corrected chi connectivity index (χ3v) is 2.60. The first-order valence-electron chi connectivity index (χ1n) is 5.06. The molecule has 1 heterocycles. The van der Waals surface area contributed by atoms with E-state index in [1.807, 2.05) is 5.32 Å². The van der Waals surface area contributed by atoms with Crippen LogP contribution in [0.3, 0.4) is 0 Å². The monoisotopic (exact) mass is 306 g/mol. The van der Waals surface area contributed by atoms with E-state index in [0.29, 0.717) is 0 Å². The van der Waals surface area contributed by atoms with Crippen molar-refractivity contribution in [2.45, 2.75) is 6.18 Å². The Morgan fingerprint density at radius 3 is 2.60 bits per heavy atom. The third kappa shape index (κ3) is 2.67. The molecule has 1 aromatic carbocycles. The summed E-state index contributed by atoms with van der Waals surface area (Å²) in [6.07, 6.45) is -4.68. The molecule has 0 saturated heterocycles. The van der Waals surface area contributed by atoms with Gasteiger partial charge in [-0.1, -0.05) is 17.7 Å². The minimum Gasteiger partial charge on any atom is -0.379 e. The molecule has 10 heteroatoms. The maximum atomic E-state index is 12.8. The fourth-order valence-corrected chi connectivity index (χ4v) is 1.63. The molecule has 0 fully saturated rings. The van der Waals surface area contributed by atoms with Crippen molar-refractivity contribution in [1.82, 2.24) is 10.3 Å². The van der Waals surface area contributed by atoms with E-state index in [9.17, 15) is 18.0 Å². The number of nitrogens with two attached hydrogens (primary N) is 1. The smallest absolute Gasteiger partial charge is 0.379 e. The number of aromatic nitrogens is 2. The number of carbonyl (C=O) groups is 1. The SMILES string of the molecule is Nc1nonc1C(=O)Nc1c(Cl)cccc1C(F)(F)F. The number of carbonyl (C=O) groups excluding carboxylic acids is 1. The number of anilines is 2. The van der Waals surface area contributed by atoms with Gasteiger partial charge in [-0.05, 0) is 22.4 Å². The van der Waals surface area contributed by atoms with Crippen molar-refractivity contribution in [1.29, 1.82) is 0 Å². The molecule has 0 aliphatic rings. The average Bonchev–Trinajstić information content (AvgIpc) is 2.76. The summed E-state index contributed by atoms with van der Waals surface area (Å²) in [5.74, 6) is -1.36. The Morgan fingerprint density at radius 2 is 2.05 bits per heavy atom. The summed E-state index contributed by atoms with van der Waals surface area (Å²) in [5.41, 5.74) is 3.16. The van der Waals surface area contributed by atoms with Crippen LogP contribution < -0.4 is 11.1 Å². The molecule has 0 radical (unpaired) electrons. The quantitative estimate of drug-likeness (QED) is 0.889. The molecule has 0 aliphatic carbocycles. The number of halogens is 4. The van der Waals surface area contributed by atoms with E-state index in [1.54, 1.807) is 0 Å². The standard InChI is InChI=1S/C10H6ClF3N4O2/c11-5-3-1-2-4(10(12,13)14)6(5)16-9(19)7-8(15)18-20-17-7/h1-3H,(H2,15,18)(H,16,19). The Labute approximate surface area is 114 Å². The zero-order valence-corrected chi connectivity index (χ0v) is 10.3. The summed E-state index contributed by atoms with van der Waals surface area (Å²) in [4.78, 5) is 11.7. The Kier molecular flexibility index (Phi) is 3.53. The first-order chi connectivity index (χ1) is 9.30. The van der Waals surface area contributed by atoms with Crippen molar-refractivity contribution in [3.63, 3.8) is 0 Å². The average molecular weight is 307 g/mol. The maximum Gasteiger partial charge on any atom is 0.418 e. The molecule has 1 amide bonds. The second-order valence-corrected chi connectivity index (χ2v) is 4.02. The molecular formula is C10H6ClF3N4O2. The van der Waals surface area contributed by atoms with E-state index in [-0.39, 0.29) is 10.8 Å². The number of nitrogens with one attached hydrogen (secondary N) is 1. The summed E-state index contributed by atoms with van der Waals surface area (Å²) >= 11 is 5.68. The fourth-order valence-electron chi connectivity index (χ4n) is 1.41. The van der Waals surface area contributed by atoms with E-state index >= 15 is 0 Å². The Morgan fingerprint density at radius 1 is 1.35 bits per heavy atom. The second kappa shape index (κ2) is 5.00. The highest BCUT2D eigenvalue weighted by Gasteiger charge is 2.35. The molecule has 1 aromatic heterocycles. The third-order valence-electron chi connectivity index (χ3n) is 2.29. The van der Waals surface area contributed by atoms with Crippen molar-refractivity contribution in [3.8, 4) is 0 Å². The van der Waals surface area contributed by atoms with Crippen molar-refractivity contribution >= 4 is 29.0 Å². The predicted octanol–water partition coefficient (Wildman–Crippen LogP) is 2.58. The van der Waals surface area contributed by atoms with Gasteiger partial charge in [-0.15, -0.1) is 0 Å². The lowest BCUT2D eigenvalue weighted by Crippen LogP contribution is -2.18. The van der Waals surface area contributed by atoms with Gasteiger partial charge in [0.25, 0.3) is 5.91 Å². The number of benzene rings is 1. The first-order valence-corrected chi connectivity index (χ1v) is 5.43. The van der Waals surface area contributed by atoms with Crippen molar-refractivity contribution in [2.75, 3.05) is 11.1 Å². The van der Waals surface area contributed by atoms with Crippen LogP contribution >= 0.6 is 11.6 Å². The number of hydrogen-bond acceptors (Lipinski definition) is 5. The number of nitrogens with zero attached hydrogens (tertiary/aromatic N) is 2. The number of amides is 1. The summed E-state index contributed by atoms with van der Waals surface area (Å²) in [6.45, 7) is 0. The van der Waals surface area contributed by atoms with Crippen LogP contribution in [0.1, 0.15) is 16.1 Å². The van der Waals surface area contributed by atoms with Crippen LogP contribution in [0.15, 0.2) is 22.8 Å². The van der Waals surface area contributed by atoms with Gasteiger partial charge >= 0.3 is 6.18 Å². The molecule has 2 aromatic rings. The van der Waals surface area contributed by atoms with Crippen molar-refractivity contribution in [3.05, 3.63) is 34.5 Å². The van der Waals surface area contributed by atoms with Gasteiger partial charge in [0.2, 0.25) is 11.5 Å². The van der Waals surface area contributed by atoms with Gasteiger partial charge in [0.1, 0.15) is 0 Å². The molecule has 6 nitrogen and oxygen atoms in total. The molecule has 20 heavy (non-hydrogen) atoms. The summed E-state index contributed by atoms with van der Waals surface area (Å²) in [7, 11) is 0. The van der Waals surface area contributed by atoms with E-state index in [0.717, 1.165) is 12.1 Å². The molecule has 2 rings (SSSR count). The molecule has 0 atom stereocenters. The van der Waals surface area contributed by atoms with E-state index in [4.69, 9.17) is 17.3 Å². The van der Waals surface area contributed by atoms with Crippen LogP contribution in [-0.4, -0.2) is 16.2 Å². The van der Waals surface area contributed by atoms with Crippen LogP contribution in [0, 0.1) is 0 Å². The van der Waals surface area contributed by atoms with E-state index in [2.05, 4.69) is 14.9 Å². The van der Waals surface area contributed by atoms with Crippen molar-refractivity contribution < 1.29 is 22.6 Å². The number of hydrogen-bond donors (Lipinski definition) is 2. The lowest BCUT2D eigenvalue weighted by molar-refractivity contribution is -0.136. The van der Waals surface area contributed by atoms with Crippen LogP contribution in [0.4, 0.5) is 24.7 Å². The summed E-state index contributed by atoms with van der Waals surface area (Å²) < 4.78 is 42.6. The molecule has 0 saturated carbocycles. The molecule has 3 N–H and O–H groups in total. The highest BCUT2D eigenvalue weighted by Crippen LogP contribution is 2.38. The van der Waals surface area contributed by atoms with E-state index < -0.39 is 29.0 Å². The Balaban J connectivity index is 2.39. The van der Waals surface area contributed by atoms with Gasteiger partial charge in [-0.25, -0.2) is 4.63 Å². The number of alkyl halides is 3. The van der Waals surface area contributed by atoms with Gasteiger partial charge in [-0.2, -0.15) is 13.2 Å². The number of rotatable bonds is 2. The van der Waals surface area contributed by atoms with Crippen LogP contribution in [0.2, 0.25) is 5.02 Å². The lowest BCUT2D eigenvalue weighted by Gasteiger charge is -2.14. The first kappa shape index (κ1) is 14.1. The molecule has 0 unspecified atom stereocenters. The molecular weight excluding hydrogens is 301 g/mol. The topological polar surface area (TPSA) is 94.0 Å². The molecule has 0 spiro atoms. The van der Waals surface area contributed by atoms with Crippen molar-refractivity contribution in [2.24, 2.45) is 0 Å². The maximum absolute atomic E-state index is 12.8. The van der Waals surface area contributed by atoms with Gasteiger partial charge in [-0.3, -0.25) is 4.79 Å². The fraction of sp³-hybridized carbons (Fsp3) is 0.100. The van der Waals surface area contributed by atoms with Crippen LogP contribution in [0.5, 0.6) is 0 Å². The number of nitrogen functional groups attached to an aromatic ring is 1. The Hall–Kier alpha value is -2.29. The minimum atomic E-state index is -4.68.